The van der Waals surface area contributed by atoms with Crippen LogP contribution in [0.4, 0.5) is 0 Å². The van der Waals surface area contributed by atoms with Crippen LogP contribution in [0, 0.1) is 12.8 Å². The number of aryl methyl sites for hydroxylation is 1. The normalized spacial score (nSPS) is 14.7. The second kappa shape index (κ2) is 5.42. The molecule has 1 rings (SSSR count). The molecule has 1 aromatic heterocycles. The lowest BCUT2D eigenvalue weighted by Crippen LogP contribution is -2.37. The Morgan fingerprint density at radius 3 is 2.73 bits per heavy atom. The number of halogens is 1. The minimum atomic E-state index is -0.119. The van der Waals surface area contributed by atoms with Gasteiger partial charge in [0.15, 0.2) is 0 Å². The van der Waals surface area contributed by atoms with Crippen molar-refractivity contribution >= 4 is 29.0 Å². The van der Waals surface area contributed by atoms with Crippen molar-refractivity contribution < 1.29 is 4.79 Å². The quantitative estimate of drug-likeness (QED) is 0.826. The van der Waals surface area contributed by atoms with Gasteiger partial charge in [-0.05, 0) is 31.3 Å². The summed E-state index contributed by atoms with van der Waals surface area (Å²) in [5.41, 5.74) is 0.670. The molecular weight excluding hydrogens is 234 g/mol. The first-order valence-electron chi connectivity index (χ1n) is 4.72. The number of carbonyl (C=O) groups excluding carboxylic acids is 1. The molecule has 1 heterocycles. The van der Waals surface area contributed by atoms with Gasteiger partial charge in [0.05, 0.1) is 5.69 Å². The Kier molecular flexibility index (Phi) is 4.47. The molecule has 0 fully saturated rings. The Bertz CT molecular complexity index is 342. The van der Waals surface area contributed by atoms with Crippen molar-refractivity contribution in [1.29, 1.82) is 0 Å². The first-order chi connectivity index (χ1) is 7.06. The molecule has 6 heteroatoms. The highest BCUT2D eigenvalue weighted by molar-refractivity contribution is 7.08. The van der Waals surface area contributed by atoms with Gasteiger partial charge < -0.3 is 5.32 Å². The van der Waals surface area contributed by atoms with Gasteiger partial charge in [0.25, 0.3) is 5.91 Å². The van der Waals surface area contributed by atoms with Crippen LogP contribution in [-0.2, 0) is 0 Å². The van der Waals surface area contributed by atoms with E-state index in [1.54, 1.807) is 6.92 Å². The minimum absolute atomic E-state index is 0.0523. The fourth-order valence-electron chi connectivity index (χ4n) is 0.988. The zero-order valence-electron chi connectivity index (χ0n) is 8.95. The first-order valence-corrected chi connectivity index (χ1v) is 6.02. The molecule has 2 atom stereocenters. The standard InChI is InChI=1S/C9H14ClN3OS/c1-5(4-10)6(2)11-9(14)8-7(3)12-13-15-8/h5-6H,4H2,1-3H3,(H,11,14). The van der Waals surface area contributed by atoms with E-state index in [0.717, 1.165) is 11.5 Å². The zero-order chi connectivity index (χ0) is 11.4. The Labute approximate surface area is 98.2 Å². The van der Waals surface area contributed by atoms with Gasteiger partial charge in [0, 0.05) is 11.9 Å². The van der Waals surface area contributed by atoms with Gasteiger partial charge in [0.2, 0.25) is 0 Å². The van der Waals surface area contributed by atoms with Crippen molar-refractivity contribution in [2.24, 2.45) is 5.92 Å². The summed E-state index contributed by atoms with van der Waals surface area (Å²) in [4.78, 5) is 12.3. The second-order valence-corrected chi connectivity index (χ2v) is 4.64. The van der Waals surface area contributed by atoms with Gasteiger partial charge in [-0.3, -0.25) is 4.79 Å². The lowest BCUT2D eigenvalue weighted by Gasteiger charge is -2.18. The number of nitrogens with zero attached hydrogens (tertiary/aromatic N) is 2. The van der Waals surface area contributed by atoms with Crippen LogP contribution in [0.25, 0.3) is 0 Å². The Hall–Kier alpha value is -0.680. The summed E-state index contributed by atoms with van der Waals surface area (Å²) in [5.74, 6) is 0.658. The van der Waals surface area contributed by atoms with E-state index >= 15 is 0 Å². The molecule has 0 spiro atoms. The summed E-state index contributed by atoms with van der Waals surface area (Å²) >= 11 is 6.83. The van der Waals surface area contributed by atoms with Crippen LogP contribution in [0.5, 0.6) is 0 Å². The maximum Gasteiger partial charge on any atom is 0.265 e. The van der Waals surface area contributed by atoms with Crippen molar-refractivity contribution in [3.8, 4) is 0 Å². The molecular formula is C9H14ClN3OS. The molecule has 1 aromatic rings. The Morgan fingerprint density at radius 1 is 1.60 bits per heavy atom. The van der Waals surface area contributed by atoms with E-state index in [2.05, 4.69) is 14.9 Å². The van der Waals surface area contributed by atoms with Crippen LogP contribution in [0.3, 0.4) is 0 Å². The Morgan fingerprint density at radius 2 is 2.27 bits per heavy atom. The molecule has 0 aliphatic rings. The zero-order valence-corrected chi connectivity index (χ0v) is 10.5. The Balaban J connectivity index is 2.60. The molecule has 0 saturated carbocycles. The molecule has 0 saturated heterocycles. The third-order valence-corrected chi connectivity index (χ3v) is 3.63. The maximum absolute atomic E-state index is 11.7. The predicted molar refractivity (Wildman–Crippen MR) is 61.5 cm³/mol. The topological polar surface area (TPSA) is 54.9 Å². The van der Waals surface area contributed by atoms with E-state index in [0.29, 0.717) is 16.5 Å². The number of hydrogen-bond acceptors (Lipinski definition) is 4. The van der Waals surface area contributed by atoms with Crippen LogP contribution >= 0.6 is 23.1 Å². The van der Waals surface area contributed by atoms with Gasteiger partial charge in [-0.2, -0.15) is 0 Å². The average Bonchev–Trinajstić information content (AvgIpc) is 2.63. The highest BCUT2D eigenvalue weighted by Gasteiger charge is 2.18. The molecule has 84 valence electrons. The molecule has 1 N–H and O–H groups in total. The molecule has 4 nitrogen and oxygen atoms in total. The van der Waals surface area contributed by atoms with E-state index in [4.69, 9.17) is 11.6 Å². The fourth-order valence-corrected chi connectivity index (χ4v) is 1.81. The van der Waals surface area contributed by atoms with E-state index in [1.807, 2.05) is 13.8 Å². The fraction of sp³-hybridized carbons (Fsp3) is 0.667. The minimum Gasteiger partial charge on any atom is -0.348 e. The van der Waals surface area contributed by atoms with Gasteiger partial charge in [-0.15, -0.1) is 16.7 Å². The summed E-state index contributed by atoms with van der Waals surface area (Å²) in [6, 6.07) is 0.0523. The van der Waals surface area contributed by atoms with E-state index in [-0.39, 0.29) is 17.9 Å². The molecule has 0 radical (unpaired) electrons. The molecule has 0 aromatic carbocycles. The van der Waals surface area contributed by atoms with E-state index in [9.17, 15) is 4.79 Å². The van der Waals surface area contributed by atoms with Crippen molar-refractivity contribution in [2.75, 3.05) is 5.88 Å². The molecule has 15 heavy (non-hydrogen) atoms. The van der Waals surface area contributed by atoms with E-state index < -0.39 is 0 Å². The molecule has 0 aliphatic carbocycles. The van der Waals surface area contributed by atoms with Crippen molar-refractivity contribution in [2.45, 2.75) is 26.8 Å². The number of hydrogen-bond donors (Lipinski definition) is 1. The summed E-state index contributed by atoms with van der Waals surface area (Å²) in [6.07, 6.45) is 0. The summed E-state index contributed by atoms with van der Waals surface area (Å²) in [6.45, 7) is 5.71. The number of nitrogens with one attached hydrogen (secondary N) is 1. The summed E-state index contributed by atoms with van der Waals surface area (Å²) < 4.78 is 3.72. The van der Waals surface area contributed by atoms with Crippen LogP contribution in [0.1, 0.15) is 29.2 Å². The summed E-state index contributed by atoms with van der Waals surface area (Å²) in [7, 11) is 0. The predicted octanol–water partition coefficient (Wildman–Crippen LogP) is 1.84. The second-order valence-electron chi connectivity index (χ2n) is 3.58. The van der Waals surface area contributed by atoms with Gasteiger partial charge in [-0.25, -0.2) is 0 Å². The van der Waals surface area contributed by atoms with Crippen LogP contribution < -0.4 is 5.32 Å². The van der Waals surface area contributed by atoms with Crippen molar-refractivity contribution in [3.63, 3.8) is 0 Å². The highest BCUT2D eigenvalue weighted by atomic mass is 35.5. The smallest absolute Gasteiger partial charge is 0.265 e. The lowest BCUT2D eigenvalue weighted by atomic mass is 10.1. The third kappa shape index (κ3) is 3.14. The van der Waals surface area contributed by atoms with Crippen LogP contribution in [0.2, 0.25) is 0 Å². The molecule has 1 amide bonds. The number of alkyl halides is 1. The lowest BCUT2D eigenvalue weighted by molar-refractivity contribution is 0.0934. The largest absolute Gasteiger partial charge is 0.348 e. The van der Waals surface area contributed by atoms with Crippen LogP contribution in [0.15, 0.2) is 0 Å². The number of carbonyl (C=O) groups is 1. The van der Waals surface area contributed by atoms with E-state index in [1.165, 1.54) is 0 Å². The third-order valence-electron chi connectivity index (χ3n) is 2.31. The van der Waals surface area contributed by atoms with Gasteiger partial charge >= 0.3 is 0 Å². The van der Waals surface area contributed by atoms with Crippen molar-refractivity contribution in [3.05, 3.63) is 10.6 Å². The highest BCUT2D eigenvalue weighted by Crippen LogP contribution is 2.11. The number of rotatable bonds is 4. The SMILES string of the molecule is Cc1nnsc1C(=O)NC(C)C(C)CCl. The monoisotopic (exact) mass is 247 g/mol. The first kappa shape index (κ1) is 12.4. The summed E-state index contributed by atoms with van der Waals surface area (Å²) in [5, 5.41) is 6.67. The number of aromatic nitrogens is 2. The number of amides is 1. The van der Waals surface area contributed by atoms with Gasteiger partial charge in [0.1, 0.15) is 4.88 Å². The van der Waals surface area contributed by atoms with Crippen LogP contribution in [-0.4, -0.2) is 27.4 Å². The average molecular weight is 248 g/mol. The van der Waals surface area contributed by atoms with Crippen molar-refractivity contribution in [1.82, 2.24) is 14.9 Å². The molecule has 2 unspecified atom stereocenters. The van der Waals surface area contributed by atoms with Gasteiger partial charge in [-0.1, -0.05) is 11.4 Å². The maximum atomic E-state index is 11.7. The molecule has 0 aliphatic heterocycles. The molecule has 0 bridgehead atoms.